The number of benzene rings is 4. The number of carbonyl (C=O) groups excluding carboxylic acids is 2. The van der Waals surface area contributed by atoms with Crippen molar-refractivity contribution < 1.29 is 32.0 Å². The van der Waals surface area contributed by atoms with E-state index in [2.05, 4.69) is 24.3 Å². The Morgan fingerprint density at radius 1 is 0.692 bits per heavy atom. The third kappa shape index (κ3) is 9.83. The van der Waals surface area contributed by atoms with Crippen LogP contribution in [0.15, 0.2) is 108 Å². The monoisotopic (exact) mass is 608 g/mol. The van der Waals surface area contributed by atoms with Crippen molar-refractivity contribution in [2.24, 2.45) is 0 Å². The van der Waals surface area contributed by atoms with Gasteiger partial charge in [-0.25, -0.2) is 0 Å². The van der Waals surface area contributed by atoms with Gasteiger partial charge in [-0.2, -0.15) is 8.42 Å². The summed E-state index contributed by atoms with van der Waals surface area (Å²) in [6, 6.07) is 31.8. The minimum atomic E-state index is -4.02. The summed E-state index contributed by atoms with van der Waals surface area (Å²) in [5.41, 5.74) is 3.29. The van der Waals surface area contributed by atoms with Crippen LogP contribution < -0.4 is 13.8 Å². The van der Waals surface area contributed by atoms with E-state index in [4.69, 9.17) is 14.0 Å². The van der Waals surface area contributed by atoms with Crippen LogP contribution in [0, 0.1) is 6.92 Å². The minimum Gasteiger partial charge on any atom is -0.282 e. The molecule has 0 saturated heterocycles. The summed E-state index contributed by atoms with van der Waals surface area (Å²) in [4.78, 5) is 22.2. The molecule has 0 amide bonds. The summed E-state index contributed by atoms with van der Waals surface area (Å²) < 4.78 is 41.4. The largest absolute Gasteiger partial charge is 0.294 e. The minimum absolute atomic E-state index is 0.0666. The number of hydrogen-bond donors (Lipinski definition) is 1. The van der Waals surface area contributed by atoms with Gasteiger partial charge >= 0.3 is 171 Å². The van der Waals surface area contributed by atoms with E-state index < -0.39 is 25.9 Å². The Hall–Kier alpha value is -3.71. The average Bonchev–Trinajstić information content (AvgIpc) is 2.88. The van der Waals surface area contributed by atoms with Crippen LogP contribution in [0.4, 0.5) is 0 Å². The van der Waals surface area contributed by atoms with Gasteiger partial charge in [0.25, 0.3) is 10.1 Å². The van der Waals surface area contributed by atoms with Crippen LogP contribution in [-0.4, -0.2) is 40.7 Å². The summed E-state index contributed by atoms with van der Waals surface area (Å²) in [5.74, 6) is 0.422. The zero-order valence-electron chi connectivity index (χ0n) is 21.7. The van der Waals surface area contributed by atoms with Gasteiger partial charge < -0.3 is 0 Å². The van der Waals surface area contributed by atoms with Crippen molar-refractivity contribution in [1.29, 1.82) is 0 Å². The van der Waals surface area contributed by atoms with Gasteiger partial charge in [-0.05, 0) is 19.1 Å². The summed E-state index contributed by atoms with van der Waals surface area (Å²) in [6.07, 6.45) is 0. The number of ether oxygens (including phenoxy) is 2. The van der Waals surface area contributed by atoms with Gasteiger partial charge in [-0.1, -0.05) is 17.7 Å². The Morgan fingerprint density at radius 3 is 1.51 bits per heavy atom. The van der Waals surface area contributed by atoms with E-state index in [1.54, 1.807) is 12.1 Å². The van der Waals surface area contributed by atoms with E-state index in [1.807, 2.05) is 61.5 Å². The number of esters is 2. The predicted octanol–water partition coefficient (Wildman–Crippen LogP) is 4.63. The molecule has 0 aliphatic rings. The van der Waals surface area contributed by atoms with Gasteiger partial charge in [0.1, 0.15) is 0 Å². The molecule has 1 atom stereocenters. The first-order valence-electron chi connectivity index (χ1n) is 11.9. The van der Waals surface area contributed by atoms with Crippen LogP contribution in [-0.2, 0) is 19.7 Å². The quantitative estimate of drug-likeness (QED) is 0.141. The van der Waals surface area contributed by atoms with Crippen molar-refractivity contribution in [2.45, 2.75) is 30.4 Å². The molecule has 0 bridgehead atoms. The zero-order valence-corrected chi connectivity index (χ0v) is 24.6. The van der Waals surface area contributed by atoms with E-state index in [1.165, 1.54) is 41.5 Å². The second kappa shape index (κ2) is 13.9. The molecule has 4 aromatic rings. The smallest absolute Gasteiger partial charge is 0.282 e. The molecule has 39 heavy (non-hydrogen) atoms. The molecule has 4 rings (SSSR count). The van der Waals surface area contributed by atoms with Crippen molar-refractivity contribution in [3.8, 4) is 11.5 Å². The first-order chi connectivity index (χ1) is 18.5. The normalized spacial score (nSPS) is 11.1. The molecule has 1 N–H and O–H groups in total. The number of carbonyl (C=O) groups is 2. The van der Waals surface area contributed by atoms with Crippen molar-refractivity contribution in [2.75, 3.05) is 0 Å². The van der Waals surface area contributed by atoms with Gasteiger partial charge in [0.15, 0.2) is 0 Å². The molecule has 1 unspecified atom stereocenters. The summed E-state index contributed by atoms with van der Waals surface area (Å²) in [5, 5.41) is 0. The maximum absolute atomic E-state index is 11.2. The fourth-order valence-corrected chi connectivity index (χ4v) is 7.05. The Bertz CT molecular complexity index is 1420. The molecule has 0 spiro atoms. The van der Waals surface area contributed by atoms with E-state index in [-0.39, 0.29) is 21.5 Å². The van der Waals surface area contributed by atoms with Crippen LogP contribution in [0.3, 0.4) is 0 Å². The van der Waals surface area contributed by atoms with E-state index in [0.717, 1.165) is 5.56 Å². The van der Waals surface area contributed by atoms with Gasteiger partial charge in [0.05, 0.1) is 4.90 Å². The van der Waals surface area contributed by atoms with Crippen LogP contribution >= 0.6 is 0 Å². The molecule has 0 heterocycles. The Balaban J connectivity index is 0.000000320. The zero-order chi connectivity index (χ0) is 28.4. The molecular weight excluding hydrogens is 579 g/mol. The summed E-state index contributed by atoms with van der Waals surface area (Å²) in [6.45, 7) is 4.62. The van der Waals surface area contributed by atoms with Crippen molar-refractivity contribution in [3.05, 3.63) is 120 Å². The number of aryl methyl sites for hydroxylation is 1. The molecule has 7 nitrogen and oxygen atoms in total. The second-order valence-corrected chi connectivity index (χ2v) is 13.0. The fraction of sp³-hybridized carbons (Fsp3) is 0.133. The fourth-order valence-electron chi connectivity index (χ4n) is 3.56. The topological polar surface area (TPSA) is 107 Å². The Kier molecular flexibility index (Phi) is 10.6. The van der Waals surface area contributed by atoms with Gasteiger partial charge in [0.2, 0.25) is 0 Å². The predicted molar refractivity (Wildman–Crippen MR) is 152 cm³/mol. The molecule has 0 aliphatic heterocycles. The van der Waals surface area contributed by atoms with Crippen LogP contribution in [0.2, 0.25) is 0 Å². The van der Waals surface area contributed by atoms with Gasteiger partial charge in [0, 0.05) is 0 Å². The van der Waals surface area contributed by atoms with Crippen molar-refractivity contribution in [3.63, 3.8) is 0 Å². The molecule has 0 saturated carbocycles. The van der Waals surface area contributed by atoms with Crippen LogP contribution in [0.25, 0.3) is 0 Å². The molecule has 202 valence electrons. The van der Waals surface area contributed by atoms with E-state index >= 15 is 0 Å². The standard InChI is InChI=1S/C23H21AsO4.C7H8O3S/c1-16(25)27-21-12-8-18(9-13-21)23(24-20-6-4-3-5-7-20)19-10-14-22(15-11-19)28-17(2)26;1-6-2-4-7(5-3-6)11(8,9)10/h3-15,23-24H,1-2H3;2-5H,1H3,(H,8,9,10). The maximum Gasteiger partial charge on any atom is 0.294 e. The third-order valence-corrected chi connectivity index (χ3v) is 9.62. The van der Waals surface area contributed by atoms with Crippen LogP contribution in [0.5, 0.6) is 11.5 Å². The molecule has 9 heteroatoms. The molecule has 0 radical (unpaired) electrons. The average molecular weight is 609 g/mol. The Morgan fingerprint density at radius 2 is 1.13 bits per heavy atom. The first kappa shape index (κ1) is 29.8. The molecule has 4 aromatic carbocycles. The van der Waals surface area contributed by atoms with Crippen LogP contribution in [0.1, 0.15) is 35.2 Å². The third-order valence-electron chi connectivity index (χ3n) is 5.35. The molecule has 0 aliphatic carbocycles. The number of hydrogen-bond acceptors (Lipinski definition) is 6. The number of rotatable bonds is 7. The molecule has 0 fully saturated rings. The maximum atomic E-state index is 11.2. The summed E-state index contributed by atoms with van der Waals surface area (Å²) in [7, 11) is -4.02. The summed E-state index contributed by atoms with van der Waals surface area (Å²) >= 11 is -0.528. The molecular formula is C30H29AsO7S. The van der Waals surface area contributed by atoms with E-state index in [9.17, 15) is 18.0 Å². The van der Waals surface area contributed by atoms with Gasteiger partial charge in [-0.15, -0.1) is 0 Å². The van der Waals surface area contributed by atoms with Crippen molar-refractivity contribution >= 4 is 42.2 Å². The second-order valence-electron chi connectivity index (χ2n) is 8.56. The SMILES string of the molecule is CC(=O)Oc1ccc(C([AsH]c2ccccc2)c2ccc(OC(C)=O)cc2)cc1.Cc1ccc(S(=O)(=O)O)cc1. The first-order valence-corrected chi connectivity index (χ1v) is 15.6. The molecule has 0 aromatic heterocycles. The van der Waals surface area contributed by atoms with E-state index in [0.29, 0.717) is 11.5 Å². The Labute approximate surface area is 235 Å². The van der Waals surface area contributed by atoms with Crippen molar-refractivity contribution in [1.82, 2.24) is 0 Å². The van der Waals surface area contributed by atoms with Gasteiger partial charge in [-0.3, -0.25) is 4.55 Å².